The minimum atomic E-state index is -0.282. The van der Waals surface area contributed by atoms with E-state index in [1.54, 1.807) is 37.6 Å². The number of hydrogen-bond donors (Lipinski definition) is 0. The van der Waals surface area contributed by atoms with Crippen molar-refractivity contribution < 1.29 is 14.2 Å². The molecule has 0 unspecified atom stereocenters. The Morgan fingerprint density at radius 2 is 1.90 bits per heavy atom. The third-order valence-corrected chi connectivity index (χ3v) is 6.47. The van der Waals surface area contributed by atoms with E-state index in [1.165, 1.54) is 4.68 Å². The van der Waals surface area contributed by atoms with E-state index in [-0.39, 0.29) is 18.1 Å². The van der Waals surface area contributed by atoms with E-state index in [9.17, 15) is 4.79 Å². The predicted molar refractivity (Wildman–Crippen MR) is 158 cm³/mol. The summed E-state index contributed by atoms with van der Waals surface area (Å²) in [5, 5.41) is 5.44. The largest absolute Gasteiger partial charge is 0.496 e. The van der Waals surface area contributed by atoms with Gasteiger partial charge < -0.3 is 14.2 Å². The maximum atomic E-state index is 13.7. The van der Waals surface area contributed by atoms with Crippen LogP contribution in [-0.2, 0) is 0 Å². The fraction of sp³-hybridized carbons (Fsp3) is 0.258. The van der Waals surface area contributed by atoms with Crippen molar-refractivity contribution in [1.29, 1.82) is 0 Å². The van der Waals surface area contributed by atoms with Gasteiger partial charge in [0.25, 0.3) is 5.56 Å². The standard InChI is InChI=1S/C31H32ClN3O4/c1-7-13-39-29-25(32)15-21(16-28(29)38-8-2)18-33-35-30(34-26-12-10-9-11-22(26)31(35)36)24-17-23(19(3)4)27(37-6)14-20(24)5/h7,9-12,14-19H,1,8,13H2,2-6H3. The quantitative estimate of drug-likeness (QED) is 0.158. The van der Waals surface area contributed by atoms with Crippen LogP contribution in [0.3, 0.4) is 0 Å². The second-order valence-corrected chi connectivity index (χ2v) is 9.65. The maximum absolute atomic E-state index is 13.7. The Hall–Kier alpha value is -4.10. The highest BCUT2D eigenvalue weighted by Gasteiger charge is 2.19. The van der Waals surface area contributed by atoms with Gasteiger partial charge in [0, 0.05) is 5.56 Å². The highest BCUT2D eigenvalue weighted by molar-refractivity contribution is 6.32. The number of halogens is 1. The summed E-state index contributed by atoms with van der Waals surface area (Å²) in [6.45, 7) is 12.4. The van der Waals surface area contributed by atoms with Gasteiger partial charge in [0.2, 0.25) is 0 Å². The monoisotopic (exact) mass is 545 g/mol. The molecule has 202 valence electrons. The van der Waals surface area contributed by atoms with Crippen molar-refractivity contribution in [1.82, 2.24) is 9.66 Å². The number of rotatable bonds is 10. The van der Waals surface area contributed by atoms with Crippen LogP contribution in [0.2, 0.25) is 5.02 Å². The third-order valence-electron chi connectivity index (χ3n) is 6.19. The van der Waals surface area contributed by atoms with Gasteiger partial charge in [0.1, 0.15) is 12.4 Å². The lowest BCUT2D eigenvalue weighted by Crippen LogP contribution is -2.20. The van der Waals surface area contributed by atoms with Crippen molar-refractivity contribution in [2.75, 3.05) is 20.3 Å². The molecule has 0 bridgehead atoms. The van der Waals surface area contributed by atoms with Gasteiger partial charge in [-0.2, -0.15) is 9.78 Å². The second-order valence-electron chi connectivity index (χ2n) is 9.24. The average molecular weight is 546 g/mol. The molecule has 0 fully saturated rings. The number of methoxy groups -OCH3 is 1. The molecule has 0 radical (unpaired) electrons. The van der Waals surface area contributed by atoms with E-state index in [2.05, 4.69) is 25.5 Å². The van der Waals surface area contributed by atoms with Crippen LogP contribution in [0.25, 0.3) is 22.3 Å². The summed E-state index contributed by atoms with van der Waals surface area (Å²) in [5.74, 6) is 2.32. The van der Waals surface area contributed by atoms with Crippen molar-refractivity contribution in [3.8, 4) is 28.6 Å². The summed E-state index contributed by atoms with van der Waals surface area (Å²) < 4.78 is 18.4. The molecule has 0 saturated heterocycles. The van der Waals surface area contributed by atoms with Crippen molar-refractivity contribution in [3.63, 3.8) is 0 Å². The van der Waals surface area contributed by atoms with Gasteiger partial charge in [-0.25, -0.2) is 4.98 Å². The predicted octanol–water partition coefficient (Wildman–Crippen LogP) is 7.00. The van der Waals surface area contributed by atoms with E-state index in [0.29, 0.717) is 45.4 Å². The first-order valence-corrected chi connectivity index (χ1v) is 13.1. The maximum Gasteiger partial charge on any atom is 0.282 e. The van der Waals surface area contributed by atoms with Crippen LogP contribution in [0, 0.1) is 6.92 Å². The third kappa shape index (κ3) is 5.83. The SMILES string of the molecule is C=CCOc1c(Cl)cc(C=Nn2c(-c3cc(C(C)C)c(OC)cc3C)nc3ccccc3c2=O)cc1OCC. The fourth-order valence-corrected chi connectivity index (χ4v) is 4.58. The number of aryl methyl sites for hydroxylation is 1. The molecule has 0 aliphatic rings. The second kappa shape index (κ2) is 12.2. The minimum absolute atomic E-state index is 0.199. The molecule has 0 atom stereocenters. The average Bonchev–Trinajstić information content (AvgIpc) is 2.92. The normalized spacial score (nSPS) is 11.4. The highest BCUT2D eigenvalue weighted by atomic mass is 35.5. The van der Waals surface area contributed by atoms with Gasteiger partial charge in [-0.3, -0.25) is 4.79 Å². The molecule has 0 spiro atoms. The summed E-state index contributed by atoms with van der Waals surface area (Å²) in [4.78, 5) is 18.6. The van der Waals surface area contributed by atoms with Crippen molar-refractivity contribution >= 4 is 28.7 Å². The smallest absolute Gasteiger partial charge is 0.282 e. The van der Waals surface area contributed by atoms with Crippen molar-refractivity contribution in [2.24, 2.45) is 5.10 Å². The van der Waals surface area contributed by atoms with Crippen molar-refractivity contribution in [3.05, 3.63) is 93.3 Å². The van der Waals surface area contributed by atoms with Crippen LogP contribution in [0.4, 0.5) is 0 Å². The molecule has 1 heterocycles. The fourth-order valence-electron chi connectivity index (χ4n) is 4.30. The molecule has 0 aliphatic carbocycles. The van der Waals surface area contributed by atoms with Crippen molar-refractivity contribution in [2.45, 2.75) is 33.6 Å². The first-order chi connectivity index (χ1) is 18.8. The van der Waals surface area contributed by atoms with Gasteiger partial charge in [-0.1, -0.05) is 50.2 Å². The molecule has 39 heavy (non-hydrogen) atoms. The Morgan fingerprint density at radius 1 is 1.13 bits per heavy atom. The number of aromatic nitrogens is 2. The molecular formula is C31H32ClN3O4. The van der Waals surface area contributed by atoms with E-state index < -0.39 is 0 Å². The van der Waals surface area contributed by atoms with E-state index in [0.717, 1.165) is 22.4 Å². The Balaban J connectivity index is 1.92. The molecule has 4 rings (SSSR count). The van der Waals surface area contributed by atoms with Crippen LogP contribution in [-0.4, -0.2) is 36.2 Å². The molecule has 0 saturated carbocycles. The van der Waals surface area contributed by atoms with Crippen LogP contribution in [0.15, 0.2) is 71.1 Å². The van der Waals surface area contributed by atoms with Crippen LogP contribution in [0.1, 0.15) is 43.4 Å². The van der Waals surface area contributed by atoms with Gasteiger partial charge in [0.15, 0.2) is 17.3 Å². The number of para-hydroxylation sites is 1. The number of fused-ring (bicyclic) bond motifs is 1. The summed E-state index contributed by atoms with van der Waals surface area (Å²) in [6.07, 6.45) is 3.20. The topological polar surface area (TPSA) is 74.9 Å². The molecule has 1 aromatic heterocycles. The molecular weight excluding hydrogens is 514 g/mol. The first kappa shape index (κ1) is 27.9. The van der Waals surface area contributed by atoms with Gasteiger partial charge >= 0.3 is 0 Å². The molecule has 4 aromatic rings. The zero-order chi connectivity index (χ0) is 28.1. The number of nitrogens with zero attached hydrogens (tertiary/aromatic N) is 3. The van der Waals surface area contributed by atoms with Gasteiger partial charge in [0.05, 0.1) is 35.9 Å². The highest BCUT2D eigenvalue weighted by Crippen LogP contribution is 2.37. The summed E-state index contributed by atoms with van der Waals surface area (Å²) in [6, 6.07) is 14.7. The summed E-state index contributed by atoms with van der Waals surface area (Å²) in [5.41, 5.74) is 3.66. The Morgan fingerprint density at radius 3 is 2.59 bits per heavy atom. The number of benzene rings is 3. The molecule has 3 aromatic carbocycles. The molecule has 0 N–H and O–H groups in total. The first-order valence-electron chi connectivity index (χ1n) is 12.7. The number of ether oxygens (including phenoxy) is 3. The zero-order valence-electron chi connectivity index (χ0n) is 22.8. The van der Waals surface area contributed by atoms with Crippen LogP contribution in [0.5, 0.6) is 17.2 Å². The van der Waals surface area contributed by atoms with Crippen LogP contribution >= 0.6 is 11.6 Å². The Kier molecular flexibility index (Phi) is 8.72. The minimum Gasteiger partial charge on any atom is -0.496 e. The molecule has 0 aliphatic heterocycles. The zero-order valence-corrected chi connectivity index (χ0v) is 23.6. The lowest BCUT2D eigenvalue weighted by atomic mass is 9.96. The lowest BCUT2D eigenvalue weighted by Gasteiger charge is -2.17. The van der Waals surface area contributed by atoms with E-state index >= 15 is 0 Å². The molecule has 0 amide bonds. The molecule has 7 nitrogen and oxygen atoms in total. The van der Waals surface area contributed by atoms with Gasteiger partial charge in [-0.05, 0) is 72.9 Å². The summed E-state index contributed by atoms with van der Waals surface area (Å²) >= 11 is 6.53. The lowest BCUT2D eigenvalue weighted by molar-refractivity contribution is 0.297. The van der Waals surface area contributed by atoms with E-state index in [4.69, 9.17) is 30.8 Å². The van der Waals surface area contributed by atoms with Crippen LogP contribution < -0.4 is 19.8 Å². The summed E-state index contributed by atoms with van der Waals surface area (Å²) in [7, 11) is 1.66. The molecule has 8 heteroatoms. The Labute approximate surface area is 233 Å². The van der Waals surface area contributed by atoms with E-state index in [1.807, 2.05) is 44.2 Å². The Bertz CT molecular complexity index is 1610. The number of hydrogen-bond acceptors (Lipinski definition) is 6. The van der Waals surface area contributed by atoms with Gasteiger partial charge in [-0.15, -0.1) is 0 Å².